The Balaban J connectivity index is 0.000000161. The lowest BCUT2D eigenvalue weighted by atomic mass is 10.1. The number of para-hydroxylation sites is 2. The van der Waals surface area contributed by atoms with Crippen LogP contribution in [0.25, 0.3) is 44.6 Å². The molecule has 0 radical (unpaired) electrons. The zero-order chi connectivity index (χ0) is 28.6. The Bertz CT molecular complexity index is 2000. The van der Waals surface area contributed by atoms with Crippen LogP contribution in [-0.4, -0.2) is 30.6 Å². The third-order valence-electron chi connectivity index (χ3n) is 5.98. The van der Waals surface area contributed by atoms with Gasteiger partial charge in [0.05, 0.1) is 10.9 Å². The number of benzene rings is 4. The van der Waals surface area contributed by atoms with Gasteiger partial charge in [0.1, 0.15) is 39.6 Å². The van der Waals surface area contributed by atoms with Crippen LogP contribution in [0.5, 0.6) is 34.5 Å². The average Bonchev–Trinajstić information content (AvgIpc) is 2.92. The van der Waals surface area contributed by atoms with E-state index in [0.29, 0.717) is 5.56 Å². The highest BCUT2D eigenvalue weighted by molar-refractivity contribution is 5.86. The molecule has 6 N–H and O–H groups in total. The number of fused-ring (bicyclic) bond motifs is 2. The van der Waals surface area contributed by atoms with Crippen molar-refractivity contribution in [2.75, 3.05) is 0 Å². The first kappa shape index (κ1) is 25.7. The van der Waals surface area contributed by atoms with Gasteiger partial charge >= 0.3 is 0 Å². The van der Waals surface area contributed by atoms with Crippen LogP contribution < -0.4 is 10.9 Å². The molecule has 0 saturated carbocycles. The first-order valence-electron chi connectivity index (χ1n) is 11.7. The maximum Gasteiger partial charge on any atom is 0.235 e. The summed E-state index contributed by atoms with van der Waals surface area (Å²) in [5.41, 5.74) is 0.0255. The molecule has 40 heavy (non-hydrogen) atoms. The van der Waals surface area contributed by atoms with Gasteiger partial charge in [-0.3, -0.25) is 9.59 Å². The van der Waals surface area contributed by atoms with Crippen molar-refractivity contribution in [2.24, 2.45) is 0 Å². The molecule has 0 fully saturated rings. The number of phenolic OH excluding ortho intramolecular Hbond substituents is 5. The highest BCUT2D eigenvalue weighted by Gasteiger charge is 2.19. The van der Waals surface area contributed by atoms with Gasteiger partial charge in [-0.25, -0.2) is 0 Å². The van der Waals surface area contributed by atoms with E-state index in [1.807, 2.05) is 0 Å². The van der Waals surface area contributed by atoms with Gasteiger partial charge in [0.15, 0.2) is 22.7 Å². The Hall–Kier alpha value is -5.90. The molecule has 0 bridgehead atoms. The number of hydrogen-bond donors (Lipinski definition) is 6. The Morgan fingerprint density at radius 2 is 1.30 bits per heavy atom. The molecule has 10 nitrogen and oxygen atoms in total. The van der Waals surface area contributed by atoms with Crippen molar-refractivity contribution < 1.29 is 39.5 Å². The third-order valence-corrected chi connectivity index (χ3v) is 5.98. The van der Waals surface area contributed by atoms with E-state index in [4.69, 9.17) is 8.83 Å². The Morgan fingerprint density at radius 3 is 2.05 bits per heavy atom. The molecule has 0 amide bonds. The molecule has 0 aliphatic carbocycles. The predicted octanol–water partition coefficient (Wildman–Crippen LogP) is 5.15. The first-order chi connectivity index (χ1) is 19.1. The fourth-order valence-corrected chi connectivity index (χ4v) is 4.05. The second-order valence-corrected chi connectivity index (χ2v) is 8.64. The van der Waals surface area contributed by atoms with Crippen LogP contribution in [0.1, 0.15) is 0 Å². The fraction of sp³-hybridized carbons (Fsp3) is 0. The summed E-state index contributed by atoms with van der Waals surface area (Å²) in [5.74, 6) is -1.74. The molecule has 2 heterocycles. The summed E-state index contributed by atoms with van der Waals surface area (Å²) in [6.07, 6.45) is 0. The van der Waals surface area contributed by atoms with Gasteiger partial charge < -0.3 is 39.5 Å². The lowest BCUT2D eigenvalue weighted by Gasteiger charge is -2.08. The second-order valence-electron chi connectivity index (χ2n) is 8.64. The maximum absolute atomic E-state index is 12.1. The molecule has 0 spiro atoms. The van der Waals surface area contributed by atoms with Crippen LogP contribution in [-0.2, 0) is 0 Å². The second kappa shape index (κ2) is 10.1. The molecule has 0 aliphatic heterocycles. The molecule has 4 aromatic carbocycles. The standard InChI is InChI=1S/2C15H10O5/c16-9-3-1-8(2-4-9)13-7-12(19)15-11(18)5-10(17)6-14(15)20-13;16-10-6-3-5-9(12(10)17)15-14(19)13(18)8-4-1-2-7-11(8)20-15/h1-7,16-18H;1-7,16-17,19H. The monoisotopic (exact) mass is 540 g/mol. The summed E-state index contributed by atoms with van der Waals surface area (Å²) < 4.78 is 11.0. The van der Waals surface area contributed by atoms with Crippen molar-refractivity contribution in [2.45, 2.75) is 0 Å². The number of rotatable bonds is 2. The molecule has 0 saturated heterocycles. The predicted molar refractivity (Wildman–Crippen MR) is 146 cm³/mol. The zero-order valence-corrected chi connectivity index (χ0v) is 20.4. The molecular weight excluding hydrogens is 520 g/mol. The fourth-order valence-electron chi connectivity index (χ4n) is 4.05. The van der Waals surface area contributed by atoms with E-state index in [-0.39, 0.29) is 62.0 Å². The summed E-state index contributed by atoms with van der Waals surface area (Å²) in [6, 6.07) is 20.4. The average molecular weight is 540 g/mol. The third kappa shape index (κ3) is 4.72. The highest BCUT2D eigenvalue weighted by Crippen LogP contribution is 2.40. The Labute approximate surface area is 224 Å². The molecule has 0 unspecified atom stereocenters. The first-order valence-corrected chi connectivity index (χ1v) is 11.7. The van der Waals surface area contributed by atoms with Crippen molar-refractivity contribution >= 4 is 21.9 Å². The SMILES string of the molecule is O=c1c(O)c(-c2cccc(O)c2O)oc2ccccc12.O=c1cc(-c2ccc(O)cc2)oc2cc(O)cc(O)c12. The van der Waals surface area contributed by atoms with E-state index in [0.717, 1.165) is 6.07 Å². The normalized spacial score (nSPS) is 10.8. The van der Waals surface area contributed by atoms with Crippen LogP contribution in [0.2, 0.25) is 0 Å². The molecule has 200 valence electrons. The molecule has 6 aromatic rings. The topological polar surface area (TPSA) is 182 Å². The van der Waals surface area contributed by atoms with Crippen molar-refractivity contribution in [3.05, 3.63) is 105 Å². The number of phenols is 5. The van der Waals surface area contributed by atoms with E-state index >= 15 is 0 Å². The Kier molecular flexibility index (Phi) is 6.50. The van der Waals surface area contributed by atoms with Crippen LogP contribution in [0.3, 0.4) is 0 Å². The van der Waals surface area contributed by atoms with Crippen LogP contribution in [0, 0.1) is 0 Å². The lowest BCUT2D eigenvalue weighted by Crippen LogP contribution is -2.02. The van der Waals surface area contributed by atoms with Crippen molar-refractivity contribution in [3.8, 4) is 57.1 Å². The number of aromatic hydroxyl groups is 6. The summed E-state index contributed by atoms with van der Waals surface area (Å²) >= 11 is 0. The van der Waals surface area contributed by atoms with Gasteiger partial charge in [-0.15, -0.1) is 0 Å². The molecule has 10 heteroatoms. The van der Waals surface area contributed by atoms with Crippen molar-refractivity contribution in [1.82, 2.24) is 0 Å². The van der Waals surface area contributed by atoms with E-state index in [2.05, 4.69) is 0 Å². The smallest absolute Gasteiger partial charge is 0.235 e. The summed E-state index contributed by atoms with van der Waals surface area (Å²) in [5, 5.41) is 57.9. The lowest BCUT2D eigenvalue weighted by molar-refractivity contribution is 0.402. The van der Waals surface area contributed by atoms with Gasteiger partial charge in [-0.1, -0.05) is 18.2 Å². The summed E-state index contributed by atoms with van der Waals surface area (Å²) in [7, 11) is 0. The van der Waals surface area contributed by atoms with Crippen LogP contribution in [0.4, 0.5) is 0 Å². The molecular formula is C30H20O10. The van der Waals surface area contributed by atoms with Gasteiger partial charge in [-0.2, -0.15) is 0 Å². The van der Waals surface area contributed by atoms with E-state index in [1.54, 1.807) is 30.3 Å². The van der Waals surface area contributed by atoms with Crippen molar-refractivity contribution in [3.63, 3.8) is 0 Å². The van der Waals surface area contributed by atoms with Crippen molar-refractivity contribution in [1.29, 1.82) is 0 Å². The van der Waals surface area contributed by atoms with Gasteiger partial charge in [0.2, 0.25) is 11.2 Å². The number of hydrogen-bond acceptors (Lipinski definition) is 10. The zero-order valence-electron chi connectivity index (χ0n) is 20.4. The summed E-state index contributed by atoms with van der Waals surface area (Å²) in [6.45, 7) is 0. The minimum atomic E-state index is -0.607. The van der Waals surface area contributed by atoms with Crippen LogP contribution in [0.15, 0.2) is 103 Å². The van der Waals surface area contributed by atoms with Gasteiger partial charge in [0.25, 0.3) is 0 Å². The van der Waals surface area contributed by atoms with Gasteiger partial charge in [0, 0.05) is 23.8 Å². The van der Waals surface area contributed by atoms with E-state index in [9.17, 15) is 40.2 Å². The quantitative estimate of drug-likeness (QED) is 0.161. The minimum Gasteiger partial charge on any atom is -0.508 e. The van der Waals surface area contributed by atoms with E-state index < -0.39 is 22.4 Å². The molecule has 0 atom stereocenters. The minimum absolute atomic E-state index is 0.0188. The summed E-state index contributed by atoms with van der Waals surface area (Å²) in [4.78, 5) is 24.1. The largest absolute Gasteiger partial charge is 0.508 e. The van der Waals surface area contributed by atoms with Gasteiger partial charge in [-0.05, 0) is 48.5 Å². The molecule has 6 rings (SSSR count). The maximum atomic E-state index is 12.1. The van der Waals surface area contributed by atoms with Crippen LogP contribution >= 0.6 is 0 Å². The molecule has 2 aromatic heterocycles. The van der Waals surface area contributed by atoms with E-state index in [1.165, 1.54) is 48.5 Å². The Morgan fingerprint density at radius 1 is 0.575 bits per heavy atom. The molecule has 0 aliphatic rings. The highest BCUT2D eigenvalue weighted by atomic mass is 16.4.